The van der Waals surface area contributed by atoms with Crippen molar-refractivity contribution in [2.75, 3.05) is 7.11 Å². The minimum absolute atomic E-state index is 0.346. The molecule has 0 radical (unpaired) electrons. The fourth-order valence-corrected chi connectivity index (χ4v) is 2.09. The Kier molecular flexibility index (Phi) is 4.08. The summed E-state index contributed by atoms with van der Waals surface area (Å²) < 4.78 is 18.6. The van der Waals surface area contributed by atoms with E-state index in [0.717, 1.165) is 0 Å². The van der Waals surface area contributed by atoms with Gasteiger partial charge in [0.05, 0.1) is 12.1 Å². The smallest absolute Gasteiger partial charge is 0.126 e. The first-order valence-corrected chi connectivity index (χ1v) is 6.18. The van der Waals surface area contributed by atoms with E-state index < -0.39 is 6.10 Å². The van der Waals surface area contributed by atoms with E-state index in [1.165, 1.54) is 13.2 Å². The van der Waals surface area contributed by atoms with E-state index in [0.29, 0.717) is 27.5 Å². The van der Waals surface area contributed by atoms with Crippen LogP contribution in [0, 0.1) is 12.7 Å². The van der Waals surface area contributed by atoms with Gasteiger partial charge in [0, 0.05) is 5.56 Å². The highest BCUT2D eigenvalue weighted by atomic mass is 35.5. The maximum absolute atomic E-state index is 13.5. The summed E-state index contributed by atoms with van der Waals surface area (Å²) >= 11 is 6.09. The van der Waals surface area contributed by atoms with Gasteiger partial charge in [-0.1, -0.05) is 29.8 Å². The molecule has 4 heteroatoms. The molecule has 2 rings (SSSR count). The summed E-state index contributed by atoms with van der Waals surface area (Å²) in [6, 6.07) is 9.62. The zero-order valence-electron chi connectivity index (χ0n) is 10.7. The summed E-state index contributed by atoms with van der Waals surface area (Å²) in [5, 5.41) is 10.6. The maximum atomic E-state index is 13.5. The number of aryl methyl sites for hydroxylation is 1. The minimum Gasteiger partial charge on any atom is -0.497 e. The standard InChI is InChI=1S/C15H14ClFO2/c1-9-3-4-10(7-14(9)17)15(18)12-6-5-11(19-2)8-13(12)16/h3-8,15,18H,1-2H3. The number of halogens is 2. The molecular weight excluding hydrogens is 267 g/mol. The van der Waals surface area contributed by atoms with E-state index in [1.54, 1.807) is 37.3 Å². The van der Waals surface area contributed by atoms with Crippen LogP contribution in [0.15, 0.2) is 36.4 Å². The first-order valence-electron chi connectivity index (χ1n) is 5.80. The van der Waals surface area contributed by atoms with Crippen molar-refractivity contribution in [1.29, 1.82) is 0 Å². The van der Waals surface area contributed by atoms with Gasteiger partial charge in [-0.3, -0.25) is 0 Å². The normalized spacial score (nSPS) is 12.3. The van der Waals surface area contributed by atoms with Gasteiger partial charge >= 0.3 is 0 Å². The van der Waals surface area contributed by atoms with Gasteiger partial charge < -0.3 is 9.84 Å². The molecule has 1 unspecified atom stereocenters. The van der Waals surface area contributed by atoms with Crippen molar-refractivity contribution in [3.63, 3.8) is 0 Å². The van der Waals surface area contributed by atoms with Crippen LogP contribution < -0.4 is 4.74 Å². The predicted octanol–water partition coefficient (Wildman–Crippen LogP) is 3.88. The number of aliphatic hydroxyl groups is 1. The molecule has 19 heavy (non-hydrogen) atoms. The topological polar surface area (TPSA) is 29.5 Å². The van der Waals surface area contributed by atoms with Crippen molar-refractivity contribution in [2.24, 2.45) is 0 Å². The van der Waals surface area contributed by atoms with Crippen LogP contribution in [0.2, 0.25) is 5.02 Å². The first-order chi connectivity index (χ1) is 9.02. The molecule has 0 bridgehead atoms. The SMILES string of the molecule is COc1ccc(C(O)c2ccc(C)c(F)c2)c(Cl)c1. The van der Waals surface area contributed by atoms with Gasteiger partial charge in [-0.05, 0) is 36.2 Å². The Hall–Kier alpha value is -1.58. The summed E-state index contributed by atoms with van der Waals surface area (Å²) in [7, 11) is 1.54. The Balaban J connectivity index is 2.38. The predicted molar refractivity (Wildman–Crippen MR) is 73.2 cm³/mol. The zero-order valence-corrected chi connectivity index (χ0v) is 11.4. The number of rotatable bonds is 3. The summed E-state index contributed by atoms with van der Waals surface area (Å²) in [4.78, 5) is 0. The van der Waals surface area contributed by atoms with Crippen LogP contribution in [0.5, 0.6) is 5.75 Å². The molecule has 0 amide bonds. The Morgan fingerprint density at radius 2 is 1.95 bits per heavy atom. The van der Waals surface area contributed by atoms with Crippen molar-refractivity contribution < 1.29 is 14.2 Å². The second-order valence-electron chi connectivity index (χ2n) is 4.30. The lowest BCUT2D eigenvalue weighted by Crippen LogP contribution is -2.02. The van der Waals surface area contributed by atoms with Crippen LogP contribution in [0.4, 0.5) is 4.39 Å². The van der Waals surface area contributed by atoms with E-state index in [4.69, 9.17) is 16.3 Å². The molecular formula is C15H14ClFO2. The third kappa shape index (κ3) is 2.88. The first kappa shape index (κ1) is 13.8. The molecule has 0 saturated heterocycles. The Morgan fingerprint density at radius 1 is 1.21 bits per heavy atom. The third-order valence-electron chi connectivity index (χ3n) is 3.01. The monoisotopic (exact) mass is 280 g/mol. The fourth-order valence-electron chi connectivity index (χ4n) is 1.82. The van der Waals surface area contributed by atoms with Gasteiger partial charge in [0.25, 0.3) is 0 Å². The molecule has 2 aromatic rings. The van der Waals surface area contributed by atoms with Crippen molar-refractivity contribution in [1.82, 2.24) is 0 Å². The lowest BCUT2D eigenvalue weighted by molar-refractivity contribution is 0.219. The van der Waals surface area contributed by atoms with Crippen LogP contribution in [-0.2, 0) is 0 Å². The quantitative estimate of drug-likeness (QED) is 0.924. The lowest BCUT2D eigenvalue weighted by atomic mass is 10.00. The summed E-state index contributed by atoms with van der Waals surface area (Å²) in [5.74, 6) is 0.261. The number of ether oxygens (including phenoxy) is 1. The Bertz CT molecular complexity index is 599. The third-order valence-corrected chi connectivity index (χ3v) is 3.34. The molecule has 2 nitrogen and oxygen atoms in total. The highest BCUT2D eigenvalue weighted by molar-refractivity contribution is 6.31. The van der Waals surface area contributed by atoms with Crippen LogP contribution in [0.3, 0.4) is 0 Å². The van der Waals surface area contributed by atoms with Gasteiger partial charge in [0.1, 0.15) is 17.7 Å². The summed E-state index contributed by atoms with van der Waals surface area (Å²) in [6.07, 6.45) is -0.964. The second kappa shape index (κ2) is 5.59. The summed E-state index contributed by atoms with van der Waals surface area (Å²) in [5.41, 5.74) is 1.53. The molecule has 0 saturated carbocycles. The molecule has 0 fully saturated rings. The van der Waals surface area contributed by atoms with Crippen LogP contribution >= 0.6 is 11.6 Å². The van der Waals surface area contributed by atoms with E-state index in [-0.39, 0.29) is 5.82 Å². The van der Waals surface area contributed by atoms with Crippen molar-refractivity contribution in [3.05, 3.63) is 63.9 Å². The van der Waals surface area contributed by atoms with E-state index >= 15 is 0 Å². The second-order valence-corrected chi connectivity index (χ2v) is 4.71. The Morgan fingerprint density at radius 3 is 2.53 bits per heavy atom. The average Bonchev–Trinajstić information content (AvgIpc) is 2.41. The molecule has 0 aromatic heterocycles. The molecule has 0 aliphatic carbocycles. The van der Waals surface area contributed by atoms with Crippen LogP contribution in [0.25, 0.3) is 0 Å². The zero-order chi connectivity index (χ0) is 14.0. The maximum Gasteiger partial charge on any atom is 0.126 e. The van der Waals surface area contributed by atoms with Crippen molar-refractivity contribution in [2.45, 2.75) is 13.0 Å². The molecule has 0 aliphatic rings. The summed E-state index contributed by atoms with van der Waals surface area (Å²) in [6.45, 7) is 1.67. The van der Waals surface area contributed by atoms with Gasteiger partial charge in [0.2, 0.25) is 0 Å². The molecule has 0 aliphatic heterocycles. The number of hydrogen-bond donors (Lipinski definition) is 1. The molecule has 1 atom stereocenters. The molecule has 0 heterocycles. The largest absolute Gasteiger partial charge is 0.497 e. The number of benzene rings is 2. The minimum atomic E-state index is -0.964. The van der Waals surface area contributed by atoms with Crippen LogP contribution in [0.1, 0.15) is 22.8 Å². The number of hydrogen-bond acceptors (Lipinski definition) is 2. The molecule has 100 valence electrons. The Labute approximate surface area is 116 Å². The molecule has 0 spiro atoms. The highest BCUT2D eigenvalue weighted by Crippen LogP contribution is 2.31. The lowest BCUT2D eigenvalue weighted by Gasteiger charge is -2.14. The fraction of sp³-hybridized carbons (Fsp3) is 0.200. The van der Waals surface area contributed by atoms with E-state index in [1.807, 2.05) is 0 Å². The number of aliphatic hydroxyl groups excluding tert-OH is 1. The van der Waals surface area contributed by atoms with Gasteiger partial charge in [-0.2, -0.15) is 0 Å². The van der Waals surface area contributed by atoms with Gasteiger partial charge in [0.15, 0.2) is 0 Å². The molecule has 1 N–H and O–H groups in total. The molecule has 2 aromatic carbocycles. The van der Waals surface area contributed by atoms with E-state index in [2.05, 4.69) is 0 Å². The van der Waals surface area contributed by atoms with Crippen molar-refractivity contribution in [3.8, 4) is 5.75 Å². The van der Waals surface area contributed by atoms with Gasteiger partial charge in [-0.15, -0.1) is 0 Å². The van der Waals surface area contributed by atoms with E-state index in [9.17, 15) is 9.50 Å². The highest BCUT2D eigenvalue weighted by Gasteiger charge is 2.15. The van der Waals surface area contributed by atoms with Crippen molar-refractivity contribution >= 4 is 11.6 Å². The van der Waals surface area contributed by atoms with Gasteiger partial charge in [-0.25, -0.2) is 4.39 Å². The van der Waals surface area contributed by atoms with Crippen LogP contribution in [-0.4, -0.2) is 12.2 Å². The number of methoxy groups -OCH3 is 1. The average molecular weight is 281 g/mol.